The van der Waals surface area contributed by atoms with Crippen LogP contribution in [0.1, 0.15) is 15.4 Å². The molecule has 0 unspecified atom stereocenters. The molecule has 3 aromatic heterocycles. The molecular formula is C17H18N6OS. The van der Waals surface area contributed by atoms with Crippen molar-refractivity contribution in [1.29, 1.82) is 0 Å². The van der Waals surface area contributed by atoms with E-state index < -0.39 is 0 Å². The molecule has 128 valence electrons. The molecule has 0 aromatic carbocycles. The predicted octanol–water partition coefficient (Wildman–Crippen LogP) is 2.12. The molecule has 8 heteroatoms. The molecule has 0 saturated carbocycles. The summed E-state index contributed by atoms with van der Waals surface area (Å²) >= 11 is 1.48. The Bertz CT molecular complexity index is 832. The molecule has 4 heterocycles. The van der Waals surface area contributed by atoms with Crippen LogP contribution in [0.15, 0.2) is 48.2 Å². The molecule has 1 aliphatic heterocycles. The number of thiophene rings is 1. The summed E-state index contributed by atoms with van der Waals surface area (Å²) in [4.78, 5) is 23.9. The van der Waals surface area contributed by atoms with Gasteiger partial charge in [-0.1, -0.05) is 6.07 Å². The Morgan fingerprint density at radius 1 is 1.20 bits per heavy atom. The van der Waals surface area contributed by atoms with E-state index in [2.05, 4.69) is 20.4 Å². The van der Waals surface area contributed by atoms with E-state index in [4.69, 9.17) is 0 Å². The highest BCUT2D eigenvalue weighted by Gasteiger charge is 2.26. The Morgan fingerprint density at radius 2 is 2.08 bits per heavy atom. The SMILES string of the molecule is O=C(c1cccs1)N1Cc2ccnn2C[C@@H](CNc2ncccn2)C1. The molecule has 0 fully saturated rings. The number of hydrogen-bond donors (Lipinski definition) is 1. The Balaban J connectivity index is 1.52. The van der Waals surface area contributed by atoms with Gasteiger partial charge in [0.25, 0.3) is 5.91 Å². The van der Waals surface area contributed by atoms with Crippen molar-refractivity contribution in [3.63, 3.8) is 0 Å². The van der Waals surface area contributed by atoms with Gasteiger partial charge in [0, 0.05) is 44.1 Å². The highest BCUT2D eigenvalue weighted by molar-refractivity contribution is 7.12. The lowest BCUT2D eigenvalue weighted by molar-refractivity contribution is 0.0729. The van der Waals surface area contributed by atoms with E-state index in [9.17, 15) is 4.79 Å². The lowest BCUT2D eigenvalue weighted by Crippen LogP contribution is -2.35. The first-order valence-electron chi connectivity index (χ1n) is 8.14. The molecule has 25 heavy (non-hydrogen) atoms. The highest BCUT2D eigenvalue weighted by atomic mass is 32.1. The van der Waals surface area contributed by atoms with Gasteiger partial charge < -0.3 is 10.2 Å². The zero-order valence-corrected chi connectivity index (χ0v) is 14.4. The highest BCUT2D eigenvalue weighted by Crippen LogP contribution is 2.20. The molecule has 1 atom stereocenters. The van der Waals surface area contributed by atoms with Crippen LogP contribution in [0.3, 0.4) is 0 Å². The van der Waals surface area contributed by atoms with E-state index in [0.29, 0.717) is 25.6 Å². The second-order valence-corrected chi connectivity index (χ2v) is 6.93. The number of nitrogens with one attached hydrogen (secondary N) is 1. The number of amides is 1. The minimum absolute atomic E-state index is 0.0746. The lowest BCUT2D eigenvalue weighted by atomic mass is 10.1. The van der Waals surface area contributed by atoms with Crippen LogP contribution < -0.4 is 5.32 Å². The summed E-state index contributed by atoms with van der Waals surface area (Å²) in [7, 11) is 0. The molecule has 0 bridgehead atoms. The largest absolute Gasteiger partial charge is 0.354 e. The Kier molecular flexibility index (Phi) is 4.43. The van der Waals surface area contributed by atoms with Crippen molar-refractivity contribution in [2.24, 2.45) is 5.92 Å². The predicted molar refractivity (Wildman–Crippen MR) is 95.3 cm³/mol. The first kappa shape index (κ1) is 15.8. The van der Waals surface area contributed by atoms with Crippen molar-refractivity contribution in [3.8, 4) is 0 Å². The first-order chi connectivity index (χ1) is 12.3. The van der Waals surface area contributed by atoms with Gasteiger partial charge in [-0.3, -0.25) is 9.48 Å². The minimum Gasteiger partial charge on any atom is -0.354 e. The van der Waals surface area contributed by atoms with Gasteiger partial charge in [0.2, 0.25) is 5.95 Å². The molecule has 0 radical (unpaired) electrons. The molecule has 1 N–H and O–H groups in total. The molecule has 4 rings (SSSR count). The number of carbonyl (C=O) groups is 1. The molecule has 0 saturated heterocycles. The third-order valence-corrected chi connectivity index (χ3v) is 5.06. The van der Waals surface area contributed by atoms with Gasteiger partial charge in [0.05, 0.1) is 17.1 Å². The Labute approximate surface area is 149 Å². The van der Waals surface area contributed by atoms with E-state index in [1.54, 1.807) is 24.7 Å². The van der Waals surface area contributed by atoms with Crippen molar-refractivity contribution < 1.29 is 4.79 Å². The van der Waals surface area contributed by atoms with Crippen molar-refractivity contribution >= 4 is 23.2 Å². The van der Waals surface area contributed by atoms with Crippen LogP contribution in [0, 0.1) is 5.92 Å². The van der Waals surface area contributed by atoms with Gasteiger partial charge in [-0.15, -0.1) is 11.3 Å². The van der Waals surface area contributed by atoms with E-state index in [1.807, 2.05) is 33.2 Å². The minimum atomic E-state index is 0.0746. The summed E-state index contributed by atoms with van der Waals surface area (Å²) in [5.41, 5.74) is 1.06. The summed E-state index contributed by atoms with van der Waals surface area (Å²) in [6, 6.07) is 7.55. The van der Waals surface area contributed by atoms with Gasteiger partial charge in [-0.05, 0) is 23.6 Å². The van der Waals surface area contributed by atoms with Crippen molar-refractivity contribution in [2.75, 3.05) is 18.4 Å². The molecule has 1 aliphatic rings. The topological polar surface area (TPSA) is 75.9 Å². The lowest BCUT2D eigenvalue weighted by Gasteiger charge is -2.23. The van der Waals surface area contributed by atoms with Crippen LogP contribution in [-0.4, -0.2) is 43.6 Å². The quantitative estimate of drug-likeness (QED) is 0.777. The van der Waals surface area contributed by atoms with Gasteiger partial charge in [-0.2, -0.15) is 5.10 Å². The van der Waals surface area contributed by atoms with Gasteiger partial charge >= 0.3 is 0 Å². The van der Waals surface area contributed by atoms with Crippen LogP contribution in [0.5, 0.6) is 0 Å². The van der Waals surface area contributed by atoms with Crippen LogP contribution >= 0.6 is 11.3 Å². The summed E-state index contributed by atoms with van der Waals surface area (Å²) < 4.78 is 1.99. The molecule has 0 aliphatic carbocycles. The zero-order valence-electron chi connectivity index (χ0n) is 13.6. The fourth-order valence-electron chi connectivity index (χ4n) is 3.00. The summed E-state index contributed by atoms with van der Waals surface area (Å²) in [6.45, 7) is 2.68. The maximum absolute atomic E-state index is 12.8. The summed E-state index contributed by atoms with van der Waals surface area (Å²) in [6.07, 6.45) is 5.21. The van der Waals surface area contributed by atoms with E-state index >= 15 is 0 Å². The van der Waals surface area contributed by atoms with Crippen LogP contribution in [0.4, 0.5) is 5.95 Å². The number of nitrogens with zero attached hydrogens (tertiary/aromatic N) is 5. The average Bonchev–Trinajstić information content (AvgIpc) is 3.29. The number of fused-ring (bicyclic) bond motifs is 1. The fraction of sp³-hybridized carbons (Fsp3) is 0.294. The molecule has 0 spiro atoms. The van der Waals surface area contributed by atoms with Crippen LogP contribution in [0.2, 0.25) is 0 Å². The maximum atomic E-state index is 12.8. The standard InChI is InChI=1S/C17H18N6OS/c24-16(15-3-1-8-25-15)22-10-13(9-20-17-18-5-2-6-19-17)11-23-14(12-22)4-7-21-23/h1-8,13H,9-12H2,(H,18,19,20)/t13-/m0/s1. The smallest absolute Gasteiger partial charge is 0.264 e. The van der Waals surface area contributed by atoms with E-state index in [0.717, 1.165) is 17.1 Å². The first-order valence-corrected chi connectivity index (χ1v) is 9.02. The Hall–Kier alpha value is -2.74. The summed E-state index contributed by atoms with van der Waals surface area (Å²) in [5, 5.41) is 9.59. The van der Waals surface area contributed by atoms with Crippen LogP contribution in [-0.2, 0) is 13.1 Å². The van der Waals surface area contributed by atoms with Gasteiger partial charge in [-0.25, -0.2) is 9.97 Å². The maximum Gasteiger partial charge on any atom is 0.264 e. The number of carbonyl (C=O) groups excluding carboxylic acids is 1. The molecular weight excluding hydrogens is 336 g/mol. The van der Waals surface area contributed by atoms with E-state index in [-0.39, 0.29) is 11.8 Å². The van der Waals surface area contributed by atoms with Gasteiger partial charge in [0.15, 0.2) is 0 Å². The summed E-state index contributed by atoms with van der Waals surface area (Å²) in [5.74, 6) is 0.892. The second-order valence-electron chi connectivity index (χ2n) is 5.99. The molecule has 7 nitrogen and oxygen atoms in total. The zero-order chi connectivity index (χ0) is 17.1. The van der Waals surface area contributed by atoms with Crippen molar-refractivity contribution in [1.82, 2.24) is 24.6 Å². The van der Waals surface area contributed by atoms with Crippen molar-refractivity contribution in [2.45, 2.75) is 13.1 Å². The number of rotatable bonds is 4. The third kappa shape index (κ3) is 3.53. The Morgan fingerprint density at radius 3 is 2.88 bits per heavy atom. The second kappa shape index (κ2) is 7.02. The third-order valence-electron chi connectivity index (χ3n) is 4.20. The van der Waals surface area contributed by atoms with E-state index in [1.165, 1.54) is 11.3 Å². The monoisotopic (exact) mass is 354 g/mol. The molecule has 1 amide bonds. The number of hydrogen-bond acceptors (Lipinski definition) is 6. The average molecular weight is 354 g/mol. The molecule has 3 aromatic rings. The number of anilines is 1. The van der Waals surface area contributed by atoms with Crippen molar-refractivity contribution in [3.05, 3.63) is 58.8 Å². The normalized spacial score (nSPS) is 17.0. The van der Waals surface area contributed by atoms with Crippen LogP contribution in [0.25, 0.3) is 0 Å². The number of aromatic nitrogens is 4. The van der Waals surface area contributed by atoms with Gasteiger partial charge in [0.1, 0.15) is 0 Å². The fourth-order valence-corrected chi connectivity index (χ4v) is 3.69.